The second kappa shape index (κ2) is 5.35. The van der Waals surface area contributed by atoms with E-state index in [1.165, 1.54) is 17.0 Å². The van der Waals surface area contributed by atoms with E-state index in [4.69, 9.17) is 16.1 Å². The van der Waals surface area contributed by atoms with Crippen molar-refractivity contribution in [1.82, 2.24) is 10.1 Å². The number of halogens is 1. The molecule has 0 fully saturated rings. The summed E-state index contributed by atoms with van der Waals surface area (Å²) < 4.78 is 29.6. The van der Waals surface area contributed by atoms with Gasteiger partial charge in [-0.1, -0.05) is 16.8 Å². The molecule has 1 amide bonds. The average molecular weight is 355 g/mol. The van der Waals surface area contributed by atoms with Crippen LogP contribution in [0.15, 0.2) is 27.6 Å². The summed E-state index contributed by atoms with van der Waals surface area (Å²) >= 11 is 5.99. The number of fused-ring (bicyclic) bond motifs is 1. The third kappa shape index (κ3) is 2.53. The minimum absolute atomic E-state index is 0.158. The van der Waals surface area contributed by atoms with Crippen molar-refractivity contribution >= 4 is 27.3 Å². The molecule has 1 aliphatic heterocycles. The molecular weight excluding hydrogens is 340 g/mol. The first-order chi connectivity index (χ1) is 10.7. The Morgan fingerprint density at radius 3 is 2.70 bits per heavy atom. The molecule has 2 heterocycles. The van der Waals surface area contributed by atoms with Crippen LogP contribution in [0.4, 0.5) is 0 Å². The standard InChI is InChI=1S/C15H15ClN2O4S/c1-8-14(9(2)22-17-8)15(19)18(3)12-7-23(20,21)13-5-4-10(16)6-11(12)13/h4-6,12H,7H2,1-3H3. The van der Waals surface area contributed by atoms with Gasteiger partial charge in [0.25, 0.3) is 5.91 Å². The van der Waals surface area contributed by atoms with E-state index in [2.05, 4.69) is 5.16 Å². The normalized spacial score (nSPS) is 18.7. The van der Waals surface area contributed by atoms with Gasteiger partial charge in [-0.25, -0.2) is 8.42 Å². The zero-order chi connectivity index (χ0) is 16.9. The van der Waals surface area contributed by atoms with Gasteiger partial charge in [-0.3, -0.25) is 4.79 Å². The minimum Gasteiger partial charge on any atom is -0.361 e. The molecule has 8 heteroatoms. The van der Waals surface area contributed by atoms with Crippen LogP contribution < -0.4 is 0 Å². The van der Waals surface area contributed by atoms with Crippen molar-refractivity contribution in [2.45, 2.75) is 24.8 Å². The Kier molecular flexibility index (Phi) is 3.72. The second-order valence-corrected chi connectivity index (χ2v) is 8.03. The summed E-state index contributed by atoms with van der Waals surface area (Å²) in [5, 5.41) is 4.21. The Morgan fingerprint density at radius 1 is 1.39 bits per heavy atom. The van der Waals surface area contributed by atoms with Crippen LogP contribution in [0.25, 0.3) is 0 Å². The van der Waals surface area contributed by atoms with Crippen LogP contribution in [0, 0.1) is 13.8 Å². The summed E-state index contributed by atoms with van der Waals surface area (Å²) in [4.78, 5) is 14.4. The van der Waals surface area contributed by atoms with E-state index in [-0.39, 0.29) is 16.6 Å². The van der Waals surface area contributed by atoms with Crippen LogP contribution in [-0.2, 0) is 9.84 Å². The lowest BCUT2D eigenvalue weighted by molar-refractivity contribution is 0.0743. The molecule has 0 aliphatic carbocycles. The summed E-state index contributed by atoms with van der Waals surface area (Å²) in [6.07, 6.45) is 0. The molecule has 3 rings (SSSR count). The highest BCUT2D eigenvalue weighted by molar-refractivity contribution is 7.91. The highest BCUT2D eigenvalue weighted by Gasteiger charge is 2.39. The maximum absolute atomic E-state index is 12.7. The van der Waals surface area contributed by atoms with Crippen LogP contribution in [0.5, 0.6) is 0 Å². The van der Waals surface area contributed by atoms with Crippen molar-refractivity contribution in [2.75, 3.05) is 12.8 Å². The summed E-state index contributed by atoms with van der Waals surface area (Å²) in [5.41, 5.74) is 1.38. The first-order valence-corrected chi connectivity index (χ1v) is 8.97. The van der Waals surface area contributed by atoms with Crippen LogP contribution in [0.1, 0.15) is 33.4 Å². The van der Waals surface area contributed by atoms with E-state index in [1.54, 1.807) is 27.0 Å². The number of hydrogen-bond acceptors (Lipinski definition) is 5. The molecule has 23 heavy (non-hydrogen) atoms. The maximum Gasteiger partial charge on any atom is 0.259 e. The quantitative estimate of drug-likeness (QED) is 0.827. The van der Waals surface area contributed by atoms with Crippen molar-refractivity contribution in [2.24, 2.45) is 0 Å². The summed E-state index contributed by atoms with van der Waals surface area (Å²) in [6.45, 7) is 3.32. The van der Waals surface area contributed by atoms with E-state index in [9.17, 15) is 13.2 Å². The molecule has 1 unspecified atom stereocenters. The van der Waals surface area contributed by atoms with Crippen molar-refractivity contribution in [1.29, 1.82) is 0 Å². The fourth-order valence-electron chi connectivity index (χ4n) is 2.88. The minimum atomic E-state index is -3.43. The lowest BCUT2D eigenvalue weighted by Gasteiger charge is -2.24. The van der Waals surface area contributed by atoms with E-state index in [1.807, 2.05) is 0 Å². The predicted octanol–water partition coefficient (Wildman–Crippen LogP) is 2.55. The van der Waals surface area contributed by atoms with Gasteiger partial charge < -0.3 is 9.42 Å². The van der Waals surface area contributed by atoms with Crippen molar-refractivity contribution in [3.63, 3.8) is 0 Å². The number of carbonyl (C=O) groups is 1. The van der Waals surface area contributed by atoms with Crippen molar-refractivity contribution < 1.29 is 17.7 Å². The van der Waals surface area contributed by atoms with E-state index >= 15 is 0 Å². The van der Waals surface area contributed by atoms with E-state index < -0.39 is 15.9 Å². The largest absolute Gasteiger partial charge is 0.361 e. The Labute approximate surface area is 138 Å². The Morgan fingerprint density at radius 2 is 2.09 bits per heavy atom. The molecule has 0 spiro atoms. The molecule has 2 aromatic rings. The van der Waals surface area contributed by atoms with Crippen LogP contribution in [0.2, 0.25) is 5.02 Å². The third-order valence-electron chi connectivity index (χ3n) is 4.08. The van der Waals surface area contributed by atoms with Crippen molar-refractivity contribution in [3.05, 3.63) is 45.8 Å². The number of nitrogens with zero attached hydrogens (tertiary/aromatic N) is 2. The molecular formula is C15H15ClN2O4S. The van der Waals surface area contributed by atoms with Gasteiger partial charge in [-0.15, -0.1) is 0 Å². The summed E-state index contributed by atoms with van der Waals surface area (Å²) in [5.74, 6) is -0.0744. The number of amides is 1. The monoisotopic (exact) mass is 354 g/mol. The van der Waals surface area contributed by atoms with Gasteiger partial charge in [-0.05, 0) is 37.6 Å². The van der Waals surface area contributed by atoms with Gasteiger partial charge in [-0.2, -0.15) is 0 Å². The molecule has 0 saturated carbocycles. The van der Waals surface area contributed by atoms with Gasteiger partial charge in [0.2, 0.25) is 0 Å². The maximum atomic E-state index is 12.7. The number of benzene rings is 1. The lowest BCUT2D eigenvalue weighted by Crippen LogP contribution is -2.32. The molecule has 1 atom stereocenters. The number of aryl methyl sites for hydroxylation is 2. The van der Waals surface area contributed by atoms with Crippen LogP contribution in [0.3, 0.4) is 0 Å². The lowest BCUT2D eigenvalue weighted by atomic mass is 10.1. The topological polar surface area (TPSA) is 80.5 Å². The summed E-state index contributed by atoms with van der Waals surface area (Å²) in [6, 6.07) is 4.04. The van der Waals surface area contributed by atoms with Gasteiger partial charge in [0, 0.05) is 12.1 Å². The fraction of sp³-hybridized carbons (Fsp3) is 0.333. The van der Waals surface area contributed by atoms with E-state index in [0.29, 0.717) is 27.6 Å². The zero-order valence-electron chi connectivity index (χ0n) is 12.8. The zero-order valence-corrected chi connectivity index (χ0v) is 14.4. The number of aromatic nitrogens is 1. The average Bonchev–Trinajstić information content (AvgIpc) is 2.94. The molecule has 1 aromatic carbocycles. The molecule has 0 N–H and O–H groups in total. The number of hydrogen-bond donors (Lipinski definition) is 0. The third-order valence-corrected chi connectivity index (χ3v) is 6.11. The molecule has 1 aliphatic rings. The molecule has 0 radical (unpaired) electrons. The molecule has 0 bridgehead atoms. The Hall–Kier alpha value is -1.86. The molecule has 0 saturated heterocycles. The SMILES string of the molecule is Cc1noc(C)c1C(=O)N(C)C1CS(=O)(=O)c2ccc(Cl)cc21. The smallest absolute Gasteiger partial charge is 0.259 e. The first kappa shape index (κ1) is 16.0. The van der Waals surface area contributed by atoms with Crippen LogP contribution >= 0.6 is 11.6 Å². The molecule has 122 valence electrons. The van der Waals surface area contributed by atoms with Crippen molar-refractivity contribution in [3.8, 4) is 0 Å². The Bertz CT molecular complexity index is 885. The fourth-order valence-corrected chi connectivity index (χ4v) is 4.89. The Balaban J connectivity index is 2.04. The predicted molar refractivity (Wildman–Crippen MR) is 84.3 cm³/mol. The molecule has 1 aromatic heterocycles. The van der Waals surface area contributed by atoms with E-state index in [0.717, 1.165) is 0 Å². The highest BCUT2D eigenvalue weighted by Crippen LogP contribution is 2.38. The molecule has 6 nitrogen and oxygen atoms in total. The first-order valence-electron chi connectivity index (χ1n) is 6.94. The van der Waals surface area contributed by atoms with Crippen LogP contribution in [-0.4, -0.2) is 37.2 Å². The van der Waals surface area contributed by atoms with Gasteiger partial charge in [0.05, 0.1) is 22.4 Å². The number of rotatable bonds is 2. The number of sulfone groups is 1. The van der Waals surface area contributed by atoms with Gasteiger partial charge in [0.1, 0.15) is 11.3 Å². The van der Waals surface area contributed by atoms with Gasteiger partial charge in [0.15, 0.2) is 9.84 Å². The second-order valence-electron chi connectivity index (χ2n) is 5.59. The van der Waals surface area contributed by atoms with Gasteiger partial charge >= 0.3 is 0 Å². The highest BCUT2D eigenvalue weighted by atomic mass is 35.5. The number of carbonyl (C=O) groups excluding carboxylic acids is 1. The summed E-state index contributed by atoms with van der Waals surface area (Å²) in [7, 11) is -1.86.